The molecule has 8 nitrogen and oxygen atoms in total. The second kappa shape index (κ2) is 6.51. The van der Waals surface area contributed by atoms with E-state index in [1.54, 1.807) is 24.3 Å². The van der Waals surface area contributed by atoms with E-state index in [4.69, 9.17) is 0 Å². The Morgan fingerprint density at radius 1 is 1.23 bits per heavy atom. The average molecular weight is 354 g/mol. The minimum Gasteiger partial charge on any atom is -0.338 e. The molecule has 2 aliphatic rings. The third-order valence-corrected chi connectivity index (χ3v) is 5.38. The molecule has 4 rings (SSSR count). The van der Waals surface area contributed by atoms with Crippen LogP contribution in [0.2, 0.25) is 0 Å². The molecule has 0 unspecified atom stereocenters. The SMILES string of the molecule is Cn1cnc(C(=O)N2CCC[C@]3(CCN(Cc4ccncc4)C3=O)C2)n1. The molecule has 2 aromatic heterocycles. The van der Waals surface area contributed by atoms with E-state index >= 15 is 0 Å². The van der Waals surface area contributed by atoms with Gasteiger partial charge in [0.05, 0.1) is 5.41 Å². The lowest BCUT2D eigenvalue weighted by Gasteiger charge is -2.38. The van der Waals surface area contributed by atoms with E-state index in [0.717, 1.165) is 31.4 Å². The first kappa shape index (κ1) is 16.7. The van der Waals surface area contributed by atoms with E-state index in [1.807, 2.05) is 17.0 Å². The minimum absolute atomic E-state index is 0.154. The van der Waals surface area contributed by atoms with E-state index in [0.29, 0.717) is 19.6 Å². The van der Waals surface area contributed by atoms with E-state index in [9.17, 15) is 9.59 Å². The van der Waals surface area contributed by atoms with Crippen LogP contribution in [0.4, 0.5) is 0 Å². The molecular formula is C18H22N6O2. The number of piperidine rings is 1. The van der Waals surface area contributed by atoms with Crippen molar-refractivity contribution in [1.82, 2.24) is 29.5 Å². The van der Waals surface area contributed by atoms with Gasteiger partial charge in [-0.25, -0.2) is 4.98 Å². The molecule has 0 N–H and O–H groups in total. The van der Waals surface area contributed by atoms with Crippen LogP contribution in [0, 0.1) is 5.41 Å². The monoisotopic (exact) mass is 354 g/mol. The lowest BCUT2D eigenvalue weighted by atomic mass is 9.78. The maximum absolute atomic E-state index is 13.1. The minimum atomic E-state index is -0.463. The van der Waals surface area contributed by atoms with Gasteiger partial charge in [-0.1, -0.05) is 0 Å². The summed E-state index contributed by atoms with van der Waals surface area (Å²) < 4.78 is 1.52. The third-order valence-electron chi connectivity index (χ3n) is 5.38. The molecule has 0 aliphatic carbocycles. The lowest BCUT2D eigenvalue weighted by molar-refractivity contribution is -0.138. The summed E-state index contributed by atoms with van der Waals surface area (Å²) >= 11 is 0. The molecule has 8 heteroatoms. The zero-order valence-corrected chi connectivity index (χ0v) is 14.8. The largest absolute Gasteiger partial charge is 0.338 e. The van der Waals surface area contributed by atoms with Crippen LogP contribution in [0.25, 0.3) is 0 Å². The average Bonchev–Trinajstić information content (AvgIpc) is 3.22. The summed E-state index contributed by atoms with van der Waals surface area (Å²) in [5.74, 6) is 0.162. The van der Waals surface area contributed by atoms with E-state index in [2.05, 4.69) is 15.1 Å². The van der Waals surface area contributed by atoms with Gasteiger partial charge in [0.2, 0.25) is 11.7 Å². The Balaban J connectivity index is 1.48. The Hall–Kier alpha value is -2.77. The van der Waals surface area contributed by atoms with Crippen molar-refractivity contribution in [3.05, 3.63) is 42.2 Å². The molecule has 2 amide bonds. The zero-order chi connectivity index (χ0) is 18.1. The fourth-order valence-corrected chi connectivity index (χ4v) is 4.01. The molecule has 26 heavy (non-hydrogen) atoms. The zero-order valence-electron chi connectivity index (χ0n) is 14.8. The maximum Gasteiger partial charge on any atom is 0.293 e. The Labute approximate surface area is 151 Å². The molecule has 1 atom stereocenters. The Bertz CT molecular complexity index is 820. The number of amides is 2. The molecule has 0 radical (unpaired) electrons. The first-order valence-corrected chi connectivity index (χ1v) is 8.91. The normalized spacial score (nSPS) is 23.0. The van der Waals surface area contributed by atoms with Crippen molar-refractivity contribution in [2.75, 3.05) is 19.6 Å². The van der Waals surface area contributed by atoms with Gasteiger partial charge in [-0.2, -0.15) is 0 Å². The van der Waals surface area contributed by atoms with Crippen LogP contribution >= 0.6 is 0 Å². The number of aryl methyl sites for hydroxylation is 1. The number of aromatic nitrogens is 4. The molecule has 0 bridgehead atoms. The summed E-state index contributed by atoms with van der Waals surface area (Å²) in [6.07, 6.45) is 7.45. The summed E-state index contributed by atoms with van der Waals surface area (Å²) in [6.45, 7) is 2.43. The predicted octanol–water partition coefficient (Wildman–Crippen LogP) is 0.865. The summed E-state index contributed by atoms with van der Waals surface area (Å²) in [5, 5.41) is 4.10. The van der Waals surface area contributed by atoms with Crippen molar-refractivity contribution in [3.63, 3.8) is 0 Å². The smallest absolute Gasteiger partial charge is 0.293 e. The highest BCUT2D eigenvalue weighted by molar-refractivity contribution is 5.92. The molecule has 0 aromatic carbocycles. The van der Waals surface area contributed by atoms with Gasteiger partial charge in [-0.3, -0.25) is 19.3 Å². The fraction of sp³-hybridized carbons (Fsp3) is 0.500. The fourth-order valence-electron chi connectivity index (χ4n) is 4.01. The Morgan fingerprint density at radius 2 is 2.04 bits per heavy atom. The molecular weight excluding hydrogens is 332 g/mol. The van der Waals surface area contributed by atoms with Gasteiger partial charge in [0.1, 0.15) is 6.33 Å². The molecule has 2 saturated heterocycles. The van der Waals surface area contributed by atoms with Crippen molar-refractivity contribution in [1.29, 1.82) is 0 Å². The molecule has 0 saturated carbocycles. The van der Waals surface area contributed by atoms with Crippen molar-refractivity contribution in [2.45, 2.75) is 25.8 Å². The van der Waals surface area contributed by atoms with E-state index in [1.165, 1.54) is 11.0 Å². The molecule has 136 valence electrons. The summed E-state index contributed by atoms with van der Waals surface area (Å²) in [4.78, 5) is 37.5. The van der Waals surface area contributed by atoms with Crippen LogP contribution in [0.1, 0.15) is 35.4 Å². The summed E-state index contributed by atoms with van der Waals surface area (Å²) in [7, 11) is 1.74. The van der Waals surface area contributed by atoms with Gasteiger partial charge in [0.15, 0.2) is 0 Å². The van der Waals surface area contributed by atoms with Crippen molar-refractivity contribution in [2.24, 2.45) is 12.5 Å². The van der Waals surface area contributed by atoms with E-state index in [-0.39, 0.29) is 17.6 Å². The van der Waals surface area contributed by atoms with Crippen molar-refractivity contribution in [3.8, 4) is 0 Å². The number of pyridine rings is 1. The molecule has 2 fully saturated rings. The van der Waals surface area contributed by atoms with Crippen LogP contribution < -0.4 is 0 Å². The number of rotatable bonds is 3. The number of carbonyl (C=O) groups is 2. The first-order valence-electron chi connectivity index (χ1n) is 8.91. The second-order valence-electron chi connectivity index (χ2n) is 7.18. The van der Waals surface area contributed by atoms with Gasteiger partial charge in [-0.15, -0.1) is 5.10 Å². The highest BCUT2D eigenvalue weighted by Gasteiger charge is 2.49. The summed E-state index contributed by atoms with van der Waals surface area (Å²) in [5.41, 5.74) is 0.613. The highest BCUT2D eigenvalue weighted by atomic mass is 16.2. The predicted molar refractivity (Wildman–Crippen MR) is 92.8 cm³/mol. The van der Waals surface area contributed by atoms with Crippen molar-refractivity contribution >= 4 is 11.8 Å². The topological polar surface area (TPSA) is 84.2 Å². The van der Waals surface area contributed by atoms with Gasteiger partial charge in [0.25, 0.3) is 5.91 Å². The van der Waals surface area contributed by atoms with E-state index < -0.39 is 5.41 Å². The van der Waals surface area contributed by atoms with Gasteiger partial charge >= 0.3 is 0 Å². The number of carbonyl (C=O) groups excluding carboxylic acids is 2. The molecule has 1 spiro atoms. The van der Waals surface area contributed by atoms with Crippen molar-refractivity contribution < 1.29 is 9.59 Å². The maximum atomic E-state index is 13.1. The number of hydrogen-bond donors (Lipinski definition) is 0. The molecule has 2 aromatic rings. The van der Waals surface area contributed by atoms with Crippen LogP contribution in [-0.2, 0) is 18.4 Å². The van der Waals surface area contributed by atoms with Crippen LogP contribution in [0.15, 0.2) is 30.9 Å². The lowest BCUT2D eigenvalue weighted by Crippen LogP contribution is -2.50. The standard InChI is InChI=1S/C18H22N6O2/c1-22-13-20-15(21-22)16(25)24-9-2-5-18(12-24)6-10-23(17(18)26)11-14-3-7-19-8-4-14/h3-4,7-8,13H,2,5-6,9-12H2,1H3/t18-/m0/s1. The third kappa shape index (κ3) is 2.95. The van der Waals surface area contributed by atoms with Gasteiger partial charge < -0.3 is 9.80 Å². The second-order valence-corrected chi connectivity index (χ2v) is 7.18. The van der Waals surface area contributed by atoms with Crippen LogP contribution in [-0.4, -0.2) is 61.0 Å². The Morgan fingerprint density at radius 3 is 2.77 bits per heavy atom. The number of nitrogens with zero attached hydrogens (tertiary/aromatic N) is 6. The highest BCUT2D eigenvalue weighted by Crippen LogP contribution is 2.40. The summed E-state index contributed by atoms with van der Waals surface area (Å²) in [6, 6.07) is 3.86. The van der Waals surface area contributed by atoms with Gasteiger partial charge in [-0.05, 0) is 37.0 Å². The van der Waals surface area contributed by atoms with Gasteiger partial charge in [0, 0.05) is 45.6 Å². The quantitative estimate of drug-likeness (QED) is 0.816. The Kier molecular flexibility index (Phi) is 4.18. The molecule has 4 heterocycles. The van der Waals surface area contributed by atoms with Crippen LogP contribution in [0.5, 0.6) is 0 Å². The number of hydrogen-bond acceptors (Lipinski definition) is 5. The molecule has 2 aliphatic heterocycles. The number of likely N-dealkylation sites (tertiary alicyclic amines) is 2. The van der Waals surface area contributed by atoms with Crippen LogP contribution in [0.3, 0.4) is 0 Å². The first-order chi connectivity index (χ1) is 12.6.